The standard InChI is InChI=1S/C20H27N3O3/c1-13(2)19(25)21-17-5-4-9-22(12-17)20(26)16-6-7-18-15(11-16)8-10-23(18)14(3)24/h6-7,11,13,17H,4-5,8-10,12H2,1-3H3,(H,21,25)/t17-/m0/s1. The van der Waals surface area contributed by atoms with Crippen LogP contribution in [0.15, 0.2) is 18.2 Å². The van der Waals surface area contributed by atoms with Crippen LogP contribution in [-0.4, -0.2) is 48.3 Å². The van der Waals surface area contributed by atoms with Crippen LogP contribution >= 0.6 is 0 Å². The van der Waals surface area contributed by atoms with Gasteiger partial charge in [0.25, 0.3) is 5.91 Å². The van der Waals surface area contributed by atoms with Crippen molar-refractivity contribution in [2.45, 2.75) is 46.1 Å². The molecule has 2 heterocycles. The lowest BCUT2D eigenvalue weighted by Gasteiger charge is -2.33. The average molecular weight is 357 g/mol. The Balaban J connectivity index is 1.69. The summed E-state index contributed by atoms with van der Waals surface area (Å²) in [7, 11) is 0. The minimum atomic E-state index is -0.0537. The van der Waals surface area contributed by atoms with Crippen molar-refractivity contribution < 1.29 is 14.4 Å². The first kappa shape index (κ1) is 18.4. The van der Waals surface area contributed by atoms with Gasteiger partial charge in [-0.25, -0.2) is 0 Å². The molecule has 1 atom stereocenters. The van der Waals surface area contributed by atoms with Crippen LogP contribution in [0.5, 0.6) is 0 Å². The van der Waals surface area contributed by atoms with Crippen LogP contribution in [0.4, 0.5) is 5.69 Å². The molecule has 0 unspecified atom stereocenters. The SMILES string of the molecule is CC(=O)N1CCc2cc(C(=O)N3CCC[C@H](NC(=O)C(C)C)C3)ccc21. The molecule has 1 aromatic rings. The first-order valence-corrected chi connectivity index (χ1v) is 9.37. The van der Waals surface area contributed by atoms with Crippen LogP contribution in [0.1, 0.15) is 49.5 Å². The van der Waals surface area contributed by atoms with Gasteiger partial charge in [-0.3, -0.25) is 14.4 Å². The molecule has 1 aromatic carbocycles. The molecule has 0 radical (unpaired) electrons. The molecule has 0 saturated carbocycles. The molecule has 0 spiro atoms. The topological polar surface area (TPSA) is 69.7 Å². The van der Waals surface area contributed by atoms with Gasteiger partial charge in [-0.1, -0.05) is 13.8 Å². The predicted octanol–water partition coefficient (Wildman–Crippen LogP) is 1.97. The van der Waals surface area contributed by atoms with Gasteiger partial charge in [0.1, 0.15) is 0 Å². The van der Waals surface area contributed by atoms with E-state index < -0.39 is 0 Å². The molecular formula is C20H27N3O3. The summed E-state index contributed by atoms with van der Waals surface area (Å²) in [5.41, 5.74) is 2.62. The number of nitrogens with one attached hydrogen (secondary N) is 1. The largest absolute Gasteiger partial charge is 0.351 e. The Morgan fingerprint density at radius 3 is 2.65 bits per heavy atom. The van der Waals surface area contributed by atoms with Crippen LogP contribution in [-0.2, 0) is 16.0 Å². The van der Waals surface area contributed by atoms with E-state index in [1.807, 2.05) is 30.9 Å². The second-order valence-corrected chi connectivity index (χ2v) is 7.52. The molecule has 3 rings (SSSR count). The van der Waals surface area contributed by atoms with Crippen molar-refractivity contribution in [1.29, 1.82) is 0 Å². The van der Waals surface area contributed by atoms with E-state index in [2.05, 4.69) is 5.32 Å². The second-order valence-electron chi connectivity index (χ2n) is 7.52. The third-order valence-corrected chi connectivity index (χ3v) is 5.18. The van der Waals surface area contributed by atoms with Crippen molar-refractivity contribution in [2.75, 3.05) is 24.5 Å². The molecule has 1 N–H and O–H groups in total. The zero-order valence-corrected chi connectivity index (χ0v) is 15.7. The van der Waals surface area contributed by atoms with E-state index in [4.69, 9.17) is 0 Å². The van der Waals surface area contributed by atoms with Gasteiger partial charge in [0.2, 0.25) is 11.8 Å². The number of rotatable bonds is 3. The molecule has 0 aliphatic carbocycles. The lowest BCUT2D eigenvalue weighted by molar-refractivity contribution is -0.125. The summed E-state index contributed by atoms with van der Waals surface area (Å²) < 4.78 is 0. The van der Waals surface area contributed by atoms with Gasteiger partial charge in [-0.05, 0) is 43.0 Å². The Morgan fingerprint density at radius 1 is 1.19 bits per heavy atom. The number of carbonyl (C=O) groups excluding carboxylic acids is 3. The van der Waals surface area contributed by atoms with Crippen LogP contribution in [0.2, 0.25) is 0 Å². The highest BCUT2D eigenvalue weighted by Crippen LogP contribution is 2.29. The smallest absolute Gasteiger partial charge is 0.253 e. The maximum atomic E-state index is 12.9. The number of likely N-dealkylation sites (tertiary alicyclic amines) is 1. The van der Waals surface area contributed by atoms with Gasteiger partial charge >= 0.3 is 0 Å². The highest BCUT2D eigenvalue weighted by molar-refractivity contribution is 5.98. The Labute approximate surface area is 154 Å². The van der Waals surface area contributed by atoms with Crippen molar-refractivity contribution >= 4 is 23.4 Å². The van der Waals surface area contributed by atoms with Gasteiger partial charge < -0.3 is 15.1 Å². The predicted molar refractivity (Wildman–Crippen MR) is 100 cm³/mol. The molecule has 2 aliphatic heterocycles. The summed E-state index contributed by atoms with van der Waals surface area (Å²) in [5.74, 6) is 0.00771. The minimum Gasteiger partial charge on any atom is -0.351 e. The molecule has 6 nitrogen and oxygen atoms in total. The minimum absolute atomic E-state index is 0.00225. The van der Waals surface area contributed by atoms with Crippen LogP contribution in [0.25, 0.3) is 0 Å². The van der Waals surface area contributed by atoms with Crippen molar-refractivity contribution in [3.05, 3.63) is 29.3 Å². The normalized spacial score (nSPS) is 19.5. The molecule has 140 valence electrons. The van der Waals surface area contributed by atoms with E-state index in [1.165, 1.54) is 0 Å². The average Bonchev–Trinajstić information content (AvgIpc) is 3.04. The number of piperidine rings is 1. The Bertz CT molecular complexity index is 729. The van der Waals surface area contributed by atoms with E-state index in [-0.39, 0.29) is 29.7 Å². The van der Waals surface area contributed by atoms with E-state index in [9.17, 15) is 14.4 Å². The van der Waals surface area contributed by atoms with E-state index in [1.54, 1.807) is 17.9 Å². The number of hydrogen-bond acceptors (Lipinski definition) is 3. The monoisotopic (exact) mass is 357 g/mol. The number of fused-ring (bicyclic) bond motifs is 1. The highest BCUT2D eigenvalue weighted by atomic mass is 16.2. The number of benzene rings is 1. The maximum absolute atomic E-state index is 12.9. The Morgan fingerprint density at radius 2 is 1.96 bits per heavy atom. The number of amides is 3. The van der Waals surface area contributed by atoms with Crippen molar-refractivity contribution in [3.63, 3.8) is 0 Å². The zero-order valence-electron chi connectivity index (χ0n) is 15.7. The molecule has 1 fully saturated rings. The number of hydrogen-bond donors (Lipinski definition) is 1. The summed E-state index contributed by atoms with van der Waals surface area (Å²) in [6, 6.07) is 5.61. The van der Waals surface area contributed by atoms with Crippen molar-refractivity contribution in [2.24, 2.45) is 5.92 Å². The van der Waals surface area contributed by atoms with Crippen LogP contribution in [0, 0.1) is 5.92 Å². The summed E-state index contributed by atoms with van der Waals surface area (Å²) in [4.78, 5) is 40.1. The summed E-state index contributed by atoms with van der Waals surface area (Å²) in [5, 5.41) is 3.04. The zero-order chi connectivity index (χ0) is 18.8. The molecule has 0 bridgehead atoms. The van der Waals surface area contributed by atoms with E-state index >= 15 is 0 Å². The van der Waals surface area contributed by atoms with Crippen LogP contribution < -0.4 is 10.2 Å². The summed E-state index contributed by atoms with van der Waals surface area (Å²) >= 11 is 0. The van der Waals surface area contributed by atoms with Gasteiger partial charge in [0, 0.05) is 49.8 Å². The number of carbonyl (C=O) groups is 3. The molecule has 2 aliphatic rings. The Hall–Kier alpha value is -2.37. The first-order valence-electron chi connectivity index (χ1n) is 9.37. The van der Waals surface area contributed by atoms with E-state index in [0.29, 0.717) is 25.2 Å². The molecule has 0 aromatic heterocycles. The molecule has 3 amide bonds. The third-order valence-electron chi connectivity index (χ3n) is 5.18. The Kier molecular flexibility index (Phi) is 5.30. The summed E-state index contributed by atoms with van der Waals surface area (Å²) in [6.07, 6.45) is 2.57. The third kappa shape index (κ3) is 3.74. The maximum Gasteiger partial charge on any atom is 0.253 e. The lowest BCUT2D eigenvalue weighted by atomic mass is 10.0. The van der Waals surface area contributed by atoms with Gasteiger partial charge in [0.05, 0.1) is 0 Å². The summed E-state index contributed by atoms with van der Waals surface area (Å²) in [6.45, 7) is 7.24. The quantitative estimate of drug-likeness (QED) is 0.899. The molecule has 1 saturated heterocycles. The lowest BCUT2D eigenvalue weighted by Crippen LogP contribution is -2.50. The fraction of sp³-hybridized carbons (Fsp3) is 0.550. The molecule has 6 heteroatoms. The van der Waals surface area contributed by atoms with Crippen molar-refractivity contribution in [3.8, 4) is 0 Å². The fourth-order valence-electron chi connectivity index (χ4n) is 3.69. The van der Waals surface area contributed by atoms with E-state index in [0.717, 1.165) is 30.5 Å². The van der Waals surface area contributed by atoms with Gasteiger partial charge in [-0.15, -0.1) is 0 Å². The van der Waals surface area contributed by atoms with Gasteiger partial charge in [0.15, 0.2) is 0 Å². The van der Waals surface area contributed by atoms with Gasteiger partial charge in [-0.2, -0.15) is 0 Å². The fourth-order valence-corrected chi connectivity index (χ4v) is 3.69. The molecular weight excluding hydrogens is 330 g/mol. The first-order chi connectivity index (χ1) is 12.4. The molecule has 26 heavy (non-hydrogen) atoms. The highest BCUT2D eigenvalue weighted by Gasteiger charge is 2.28. The second kappa shape index (κ2) is 7.48. The number of nitrogens with zero attached hydrogens (tertiary/aromatic N) is 2. The number of anilines is 1. The van der Waals surface area contributed by atoms with Crippen molar-refractivity contribution in [1.82, 2.24) is 10.2 Å². The van der Waals surface area contributed by atoms with Crippen LogP contribution in [0.3, 0.4) is 0 Å².